The number of hydrogen-bond donors (Lipinski definition) is 0. The first kappa shape index (κ1) is 12.6. The van der Waals surface area contributed by atoms with E-state index in [0.29, 0.717) is 0 Å². The maximum absolute atomic E-state index is 4.74. The van der Waals surface area contributed by atoms with Gasteiger partial charge in [-0.1, -0.05) is 24.3 Å². The van der Waals surface area contributed by atoms with Crippen molar-refractivity contribution in [2.24, 2.45) is 0 Å². The van der Waals surface area contributed by atoms with Gasteiger partial charge in [0.25, 0.3) is 0 Å². The number of aromatic nitrogens is 4. The van der Waals surface area contributed by atoms with Crippen LogP contribution in [-0.2, 0) is 0 Å². The maximum atomic E-state index is 4.74. The van der Waals surface area contributed by atoms with Crippen LogP contribution in [0.5, 0.6) is 0 Å². The molecule has 4 heterocycles. The quantitative estimate of drug-likeness (QED) is 0.458. The molecule has 0 amide bonds. The topological polar surface area (TPSA) is 51.6 Å². The molecule has 5 aromatic rings. The summed E-state index contributed by atoms with van der Waals surface area (Å²) in [7, 11) is 0. The van der Waals surface area contributed by atoms with E-state index in [0.717, 1.165) is 42.9 Å². The summed E-state index contributed by atoms with van der Waals surface area (Å²) in [5.41, 5.74) is 4.36. The highest BCUT2D eigenvalue weighted by molar-refractivity contribution is 7.25. The largest absolute Gasteiger partial charge is 0.253 e. The SMILES string of the molecule is c1ccc2nc(-c3cnc4c(n3)sc3cccnc34)ccc2c1. The van der Waals surface area contributed by atoms with Gasteiger partial charge in [-0.2, -0.15) is 0 Å². The summed E-state index contributed by atoms with van der Waals surface area (Å²) < 4.78 is 1.10. The molecule has 0 fully saturated rings. The Kier molecular flexibility index (Phi) is 2.63. The molecule has 0 saturated carbocycles. The van der Waals surface area contributed by atoms with Gasteiger partial charge >= 0.3 is 0 Å². The van der Waals surface area contributed by atoms with Crippen LogP contribution >= 0.6 is 11.3 Å². The normalized spacial score (nSPS) is 11.5. The molecule has 5 heteroatoms. The molecule has 0 aliphatic heterocycles. The Morgan fingerprint density at radius 2 is 1.70 bits per heavy atom. The lowest BCUT2D eigenvalue weighted by Gasteiger charge is -2.02. The lowest BCUT2D eigenvalue weighted by molar-refractivity contribution is 1.27. The minimum Gasteiger partial charge on any atom is -0.253 e. The van der Waals surface area contributed by atoms with Gasteiger partial charge in [0.15, 0.2) is 0 Å². The molecule has 0 saturated heterocycles. The fourth-order valence-electron chi connectivity index (χ4n) is 2.69. The van der Waals surface area contributed by atoms with E-state index >= 15 is 0 Å². The summed E-state index contributed by atoms with van der Waals surface area (Å²) in [6, 6.07) is 16.1. The fourth-order valence-corrected chi connectivity index (χ4v) is 3.68. The molecule has 108 valence electrons. The van der Waals surface area contributed by atoms with Crippen LogP contribution in [0.15, 0.2) is 60.9 Å². The zero-order chi connectivity index (χ0) is 15.2. The molecule has 0 aliphatic rings. The summed E-state index contributed by atoms with van der Waals surface area (Å²) in [5.74, 6) is 0. The van der Waals surface area contributed by atoms with E-state index in [1.807, 2.05) is 36.4 Å². The van der Waals surface area contributed by atoms with Gasteiger partial charge in [0.05, 0.1) is 22.1 Å². The zero-order valence-electron chi connectivity index (χ0n) is 12.0. The Bertz CT molecular complexity index is 1180. The summed E-state index contributed by atoms with van der Waals surface area (Å²) in [6.07, 6.45) is 3.56. The van der Waals surface area contributed by atoms with E-state index in [1.165, 1.54) is 0 Å². The van der Waals surface area contributed by atoms with Gasteiger partial charge in [0.1, 0.15) is 21.6 Å². The van der Waals surface area contributed by atoms with Crippen molar-refractivity contribution < 1.29 is 0 Å². The Morgan fingerprint density at radius 3 is 2.70 bits per heavy atom. The van der Waals surface area contributed by atoms with Crippen LogP contribution in [0.1, 0.15) is 0 Å². The Balaban J connectivity index is 1.73. The average molecular weight is 314 g/mol. The second-order valence-corrected chi connectivity index (χ2v) is 6.28. The first-order chi connectivity index (χ1) is 11.4. The van der Waals surface area contributed by atoms with Crippen LogP contribution in [0, 0.1) is 0 Å². The number of thiophene rings is 1. The molecule has 0 spiro atoms. The molecule has 5 rings (SSSR count). The van der Waals surface area contributed by atoms with E-state index in [-0.39, 0.29) is 0 Å². The molecular formula is C18H10N4S. The van der Waals surface area contributed by atoms with Crippen LogP contribution in [0.25, 0.3) is 42.9 Å². The molecule has 0 radical (unpaired) electrons. The third-order valence-corrected chi connectivity index (χ3v) is 4.83. The standard InChI is InChI=1S/C18H10N4S/c1-2-5-12-11(4-1)7-8-13(21-12)14-10-20-17-16-15(6-3-9-19-16)23-18(17)22-14/h1-10H. The predicted octanol–water partition coefficient (Wildman–Crippen LogP) is 4.45. The second kappa shape index (κ2) is 4.79. The highest BCUT2D eigenvalue weighted by Gasteiger charge is 2.11. The van der Waals surface area contributed by atoms with Crippen LogP contribution < -0.4 is 0 Å². The summed E-state index contributed by atoms with van der Waals surface area (Å²) >= 11 is 1.61. The molecule has 1 aromatic carbocycles. The highest BCUT2D eigenvalue weighted by atomic mass is 32.1. The van der Waals surface area contributed by atoms with Crippen LogP contribution in [0.3, 0.4) is 0 Å². The third kappa shape index (κ3) is 1.98. The number of rotatable bonds is 1. The smallest absolute Gasteiger partial charge is 0.145 e. The summed E-state index contributed by atoms with van der Waals surface area (Å²) in [4.78, 5) is 19.3. The monoisotopic (exact) mass is 314 g/mol. The molecule has 0 aliphatic carbocycles. The first-order valence-electron chi connectivity index (χ1n) is 7.25. The van der Waals surface area contributed by atoms with E-state index in [1.54, 1.807) is 23.7 Å². The number of pyridine rings is 2. The van der Waals surface area contributed by atoms with Gasteiger partial charge in [-0.05, 0) is 24.3 Å². The van der Waals surface area contributed by atoms with Crippen molar-refractivity contribution in [2.75, 3.05) is 0 Å². The van der Waals surface area contributed by atoms with Gasteiger partial charge < -0.3 is 0 Å². The molecule has 0 N–H and O–H groups in total. The minimum absolute atomic E-state index is 0.787. The third-order valence-electron chi connectivity index (χ3n) is 3.80. The van der Waals surface area contributed by atoms with Crippen molar-refractivity contribution in [1.82, 2.24) is 19.9 Å². The van der Waals surface area contributed by atoms with Crippen molar-refractivity contribution in [2.45, 2.75) is 0 Å². The number of benzene rings is 1. The Labute approximate surface area is 135 Å². The van der Waals surface area contributed by atoms with E-state index in [4.69, 9.17) is 9.97 Å². The molecule has 4 nitrogen and oxygen atoms in total. The molecule has 0 unspecified atom stereocenters. The fraction of sp³-hybridized carbons (Fsp3) is 0. The molecule has 4 aromatic heterocycles. The predicted molar refractivity (Wildman–Crippen MR) is 93.5 cm³/mol. The van der Waals surface area contributed by atoms with Gasteiger partial charge in [0, 0.05) is 11.6 Å². The Morgan fingerprint density at radius 1 is 0.739 bits per heavy atom. The average Bonchev–Trinajstić information content (AvgIpc) is 2.99. The van der Waals surface area contributed by atoms with Crippen molar-refractivity contribution in [3.8, 4) is 11.4 Å². The zero-order valence-corrected chi connectivity index (χ0v) is 12.8. The summed E-state index contributed by atoms with van der Waals surface area (Å²) in [5, 5.41) is 1.12. The van der Waals surface area contributed by atoms with Crippen molar-refractivity contribution >= 4 is 42.8 Å². The lowest BCUT2D eigenvalue weighted by atomic mass is 10.2. The lowest BCUT2D eigenvalue weighted by Crippen LogP contribution is -1.90. The Hall–Kier alpha value is -2.92. The highest BCUT2D eigenvalue weighted by Crippen LogP contribution is 2.30. The number of hydrogen-bond acceptors (Lipinski definition) is 5. The van der Waals surface area contributed by atoms with Crippen LogP contribution in [0.4, 0.5) is 0 Å². The van der Waals surface area contributed by atoms with Crippen molar-refractivity contribution in [1.29, 1.82) is 0 Å². The van der Waals surface area contributed by atoms with Gasteiger partial charge in [0.2, 0.25) is 0 Å². The molecule has 0 atom stereocenters. The number of nitrogens with zero attached hydrogens (tertiary/aromatic N) is 4. The van der Waals surface area contributed by atoms with E-state index in [2.05, 4.69) is 22.1 Å². The van der Waals surface area contributed by atoms with Gasteiger partial charge in [-0.3, -0.25) is 4.98 Å². The molecule has 23 heavy (non-hydrogen) atoms. The minimum atomic E-state index is 0.787. The molecule has 0 bridgehead atoms. The van der Waals surface area contributed by atoms with Crippen molar-refractivity contribution in [3.05, 3.63) is 60.9 Å². The van der Waals surface area contributed by atoms with E-state index < -0.39 is 0 Å². The molecular weight excluding hydrogens is 304 g/mol. The number of para-hydroxylation sites is 1. The van der Waals surface area contributed by atoms with E-state index in [9.17, 15) is 0 Å². The van der Waals surface area contributed by atoms with Crippen molar-refractivity contribution in [3.63, 3.8) is 0 Å². The van der Waals surface area contributed by atoms with Crippen LogP contribution in [0.2, 0.25) is 0 Å². The second-order valence-electron chi connectivity index (χ2n) is 5.25. The first-order valence-corrected chi connectivity index (χ1v) is 8.06. The maximum Gasteiger partial charge on any atom is 0.145 e. The number of fused-ring (bicyclic) bond motifs is 4. The van der Waals surface area contributed by atoms with Gasteiger partial charge in [-0.15, -0.1) is 11.3 Å². The van der Waals surface area contributed by atoms with Crippen LogP contribution in [-0.4, -0.2) is 19.9 Å². The van der Waals surface area contributed by atoms with Gasteiger partial charge in [-0.25, -0.2) is 15.0 Å². The summed E-state index contributed by atoms with van der Waals surface area (Å²) in [6.45, 7) is 0.